The Balaban J connectivity index is -0.000000480. The summed E-state index contributed by atoms with van der Waals surface area (Å²) in [4.78, 5) is 25.2. The zero-order valence-corrected chi connectivity index (χ0v) is 9.55. The number of rotatable bonds is 0. The van der Waals surface area contributed by atoms with Crippen LogP contribution in [0.3, 0.4) is 0 Å². The number of hydrogen-bond acceptors (Lipinski definition) is 6. The second kappa shape index (κ2) is 3.86. The third kappa shape index (κ3) is 4.35. The Hall–Kier alpha value is 0.982. The molecule has 13 heteroatoms. The van der Waals surface area contributed by atoms with E-state index >= 15 is 0 Å². The second-order valence-electron chi connectivity index (χ2n) is 1.65. The average Bonchev–Trinajstić information content (AvgIpc) is 1.44. The minimum absolute atomic E-state index is 0. The summed E-state index contributed by atoms with van der Waals surface area (Å²) in [5.74, 6) is 0. The van der Waals surface area contributed by atoms with E-state index in [9.17, 15) is 13.7 Å². The molecular formula is H7AlO9P3. The molecule has 0 atom stereocenters. The van der Waals surface area contributed by atoms with Crippen LogP contribution in [-0.4, -0.2) is 32.0 Å². The normalized spacial score (nSPS) is 51.0. The lowest BCUT2D eigenvalue weighted by molar-refractivity contribution is 0.163. The summed E-state index contributed by atoms with van der Waals surface area (Å²) < 4.78 is 41.6. The summed E-state index contributed by atoms with van der Waals surface area (Å²) >= 11 is 0. The van der Waals surface area contributed by atoms with E-state index in [1.54, 1.807) is 0 Å². The van der Waals surface area contributed by atoms with Gasteiger partial charge >= 0.3 is 23.5 Å². The topological polar surface area (TPSA) is 140 Å². The van der Waals surface area contributed by atoms with Gasteiger partial charge in [-0.2, -0.15) is 12.9 Å². The van der Waals surface area contributed by atoms with Crippen LogP contribution in [0.4, 0.5) is 0 Å². The van der Waals surface area contributed by atoms with Crippen LogP contribution in [0.5, 0.6) is 0 Å². The van der Waals surface area contributed by atoms with Gasteiger partial charge in [0.2, 0.25) is 0 Å². The van der Waals surface area contributed by atoms with Crippen LogP contribution in [0.25, 0.3) is 0 Å². The van der Waals surface area contributed by atoms with E-state index in [-0.39, 0.29) is 20.2 Å². The largest absolute Gasteiger partial charge is 0.490 e. The van der Waals surface area contributed by atoms with Gasteiger partial charge in [0.1, 0.15) is 0 Å². The van der Waals surface area contributed by atoms with E-state index in [2.05, 4.69) is 12.9 Å². The van der Waals surface area contributed by atoms with Gasteiger partial charge in [-0.1, -0.05) is 0 Å². The molecule has 1 heterocycles. The molecule has 9 nitrogen and oxygen atoms in total. The molecule has 0 aromatic heterocycles. The smallest absolute Gasteiger partial charge is 0.302 e. The molecule has 0 unspecified atom stereocenters. The highest BCUT2D eigenvalue weighted by Crippen LogP contribution is 2.78. The lowest BCUT2D eigenvalue weighted by atomic mass is 15.6. The molecule has 0 aromatic rings. The Labute approximate surface area is 85.6 Å². The molecule has 0 spiro atoms. The fourth-order valence-electron chi connectivity index (χ4n) is 0.436. The van der Waals surface area contributed by atoms with E-state index in [1.807, 2.05) is 0 Å². The van der Waals surface area contributed by atoms with Gasteiger partial charge in [0.05, 0.1) is 0 Å². The van der Waals surface area contributed by atoms with Crippen molar-refractivity contribution in [2.24, 2.45) is 0 Å². The third-order valence-electron chi connectivity index (χ3n) is 0.619. The lowest BCUT2D eigenvalue weighted by Gasteiger charge is -2.23. The molecule has 3 N–H and O–H groups in total. The number of hydrogen-bond donors (Lipinski definition) is 3. The lowest BCUT2D eigenvalue weighted by Crippen LogP contribution is -2.02. The first-order chi connectivity index (χ1) is 5.12. The Morgan fingerprint density at radius 1 is 0.769 bits per heavy atom. The zero-order chi connectivity index (χ0) is 9.62. The van der Waals surface area contributed by atoms with Gasteiger partial charge in [-0.3, -0.25) is 0 Å². The van der Waals surface area contributed by atoms with Crippen molar-refractivity contribution < 1.29 is 44.2 Å². The maximum atomic E-state index is 10.4. The fraction of sp³-hybridized carbons (Fsp3) is 0. The van der Waals surface area contributed by atoms with Gasteiger partial charge in [0, 0.05) is 20.2 Å². The molecule has 13 heavy (non-hydrogen) atoms. The first-order valence-corrected chi connectivity index (χ1v) is 6.73. The van der Waals surface area contributed by atoms with E-state index < -0.39 is 23.5 Å². The van der Waals surface area contributed by atoms with Crippen LogP contribution >= 0.6 is 23.5 Å². The second-order valence-corrected chi connectivity index (χ2v) is 6.42. The highest BCUT2D eigenvalue weighted by Gasteiger charge is 2.52. The molecule has 0 bridgehead atoms. The molecule has 0 aromatic carbocycles. The predicted molar refractivity (Wildman–Crippen MR) is 42.7 cm³/mol. The molecule has 79 valence electrons. The first-order valence-electron chi connectivity index (χ1n) is 2.24. The Bertz CT molecular complexity index is 268. The Morgan fingerprint density at radius 3 is 1.08 bits per heavy atom. The maximum absolute atomic E-state index is 10.4. The van der Waals surface area contributed by atoms with E-state index in [0.717, 1.165) is 0 Å². The van der Waals surface area contributed by atoms with Crippen molar-refractivity contribution in [2.75, 3.05) is 0 Å². The monoisotopic (exact) mass is 271 g/mol. The Morgan fingerprint density at radius 2 is 0.923 bits per heavy atom. The average molecular weight is 271 g/mol. The van der Waals surface area contributed by atoms with Crippen LogP contribution < -0.4 is 0 Å². The van der Waals surface area contributed by atoms with Crippen LogP contribution in [0.1, 0.15) is 2.85 Å². The zero-order valence-electron chi connectivity index (χ0n) is 5.71. The fourth-order valence-corrected chi connectivity index (χ4v) is 4.73. The van der Waals surface area contributed by atoms with Gasteiger partial charge in [-0.15, -0.1) is 0 Å². The Kier molecular flexibility index (Phi) is 4.15. The molecule has 0 saturated carbocycles. The molecule has 1 aliphatic rings. The van der Waals surface area contributed by atoms with Gasteiger partial charge in [-0.05, 0) is 0 Å². The summed E-state index contributed by atoms with van der Waals surface area (Å²) in [7, 11) is -14.9. The van der Waals surface area contributed by atoms with Crippen molar-refractivity contribution in [1.29, 1.82) is 0 Å². The predicted octanol–water partition coefficient (Wildman–Crippen LogP) is 0.462. The van der Waals surface area contributed by atoms with Crippen molar-refractivity contribution in [2.45, 2.75) is 0 Å². The van der Waals surface area contributed by atoms with Crippen molar-refractivity contribution in [1.82, 2.24) is 0 Å². The summed E-state index contributed by atoms with van der Waals surface area (Å²) in [5, 5.41) is 0. The van der Waals surface area contributed by atoms with Crippen molar-refractivity contribution in [3.63, 3.8) is 0 Å². The van der Waals surface area contributed by atoms with Crippen molar-refractivity contribution in [3.05, 3.63) is 0 Å². The molecule has 0 aliphatic carbocycles. The molecule has 1 fully saturated rings. The van der Waals surface area contributed by atoms with Crippen LogP contribution in [0.15, 0.2) is 0 Å². The van der Waals surface area contributed by atoms with Crippen LogP contribution in [-0.2, 0) is 26.6 Å². The SMILES string of the molecule is O=P1(O)OP(=O)(O)OP(=O)(O)O1.[Al].[HH].[HH]. The van der Waals surface area contributed by atoms with Gasteiger partial charge in [0.25, 0.3) is 0 Å². The molecule has 1 rings (SSSR count). The van der Waals surface area contributed by atoms with Gasteiger partial charge in [0.15, 0.2) is 0 Å². The van der Waals surface area contributed by atoms with Crippen LogP contribution in [0.2, 0.25) is 0 Å². The summed E-state index contributed by atoms with van der Waals surface area (Å²) in [6.45, 7) is 0. The van der Waals surface area contributed by atoms with E-state index in [4.69, 9.17) is 14.7 Å². The van der Waals surface area contributed by atoms with Crippen molar-refractivity contribution in [3.8, 4) is 0 Å². The maximum Gasteiger partial charge on any atom is 0.490 e. The minimum Gasteiger partial charge on any atom is -0.302 e. The molecule has 1 aliphatic heterocycles. The molecular weight excluding hydrogens is 264 g/mol. The first kappa shape index (κ1) is 14.0. The quantitative estimate of drug-likeness (QED) is 0.423. The summed E-state index contributed by atoms with van der Waals surface area (Å²) in [6.07, 6.45) is 0. The summed E-state index contributed by atoms with van der Waals surface area (Å²) in [6, 6.07) is 0. The van der Waals surface area contributed by atoms with Gasteiger partial charge < -0.3 is 14.7 Å². The van der Waals surface area contributed by atoms with E-state index in [0.29, 0.717) is 0 Å². The number of phosphoric acid groups is 3. The molecule has 0 amide bonds. The van der Waals surface area contributed by atoms with Crippen molar-refractivity contribution >= 4 is 40.8 Å². The van der Waals surface area contributed by atoms with E-state index in [1.165, 1.54) is 0 Å². The highest BCUT2D eigenvalue weighted by molar-refractivity contribution is 7.74. The summed E-state index contributed by atoms with van der Waals surface area (Å²) in [5.41, 5.74) is 0. The highest BCUT2D eigenvalue weighted by atomic mass is 31.3. The standard InChI is InChI=1S/Al.H3O9P3.2H2/c;1-10(2)7-11(3,4)9-12(5,6)8-10;;/h;(H,1,2)(H,3,4)(H,5,6);2*1H. The van der Waals surface area contributed by atoms with Gasteiger partial charge in [-0.25, -0.2) is 13.7 Å². The van der Waals surface area contributed by atoms with Crippen LogP contribution in [0, 0.1) is 0 Å². The third-order valence-corrected chi connectivity index (χ3v) is 5.57. The minimum atomic E-state index is -4.98. The molecule has 1 saturated heterocycles. The molecule has 3 radical (unpaired) electrons.